The first-order valence-corrected chi connectivity index (χ1v) is 3.69. The molecule has 0 radical (unpaired) electrons. The first-order chi connectivity index (χ1) is 6.36. The fourth-order valence-electron chi connectivity index (χ4n) is 0.742. The van der Waals surface area contributed by atoms with E-state index in [2.05, 4.69) is 9.97 Å². The van der Waals surface area contributed by atoms with Gasteiger partial charge in [-0.25, -0.2) is 9.97 Å². The molecule has 64 valence electrons. The van der Waals surface area contributed by atoms with Crippen LogP contribution in [0.1, 0.15) is 17.8 Å². The van der Waals surface area contributed by atoms with E-state index < -0.39 is 0 Å². The van der Waals surface area contributed by atoms with Gasteiger partial charge in [0, 0.05) is 24.4 Å². The smallest absolute Gasteiger partial charge is 0.232 e. The van der Waals surface area contributed by atoms with Crippen molar-refractivity contribution >= 4 is 12.4 Å². The molecule has 0 amide bonds. The summed E-state index contributed by atoms with van der Waals surface area (Å²) in [6, 6.07) is 1.82. The Morgan fingerprint density at radius 1 is 1.46 bits per heavy atom. The number of hydrogen-bond donors (Lipinski definition) is 0. The van der Waals surface area contributed by atoms with Crippen molar-refractivity contribution in [3.63, 3.8) is 0 Å². The van der Waals surface area contributed by atoms with Gasteiger partial charge in [-0.15, -0.1) is 0 Å². The lowest BCUT2D eigenvalue weighted by molar-refractivity contribution is -0.107. The second kappa shape index (κ2) is 4.78. The predicted octanol–water partition coefficient (Wildman–Crippen LogP) is 0.950. The van der Waals surface area contributed by atoms with Crippen LogP contribution in [-0.4, -0.2) is 16.3 Å². The van der Waals surface area contributed by atoms with E-state index in [-0.39, 0.29) is 5.82 Å². The van der Waals surface area contributed by atoms with Crippen molar-refractivity contribution in [1.82, 2.24) is 9.97 Å². The molecule has 4 heteroatoms. The van der Waals surface area contributed by atoms with Gasteiger partial charge in [0.25, 0.3) is 0 Å². The monoisotopic (exact) mass is 173 g/mol. The molecule has 0 fully saturated rings. The van der Waals surface area contributed by atoms with Gasteiger partial charge in [-0.3, -0.25) is 0 Å². The van der Waals surface area contributed by atoms with Crippen LogP contribution < -0.4 is 0 Å². The van der Waals surface area contributed by atoms with Crippen LogP contribution >= 0.6 is 0 Å². The summed E-state index contributed by atoms with van der Waals surface area (Å²) in [5.74, 6) is 0.146. The van der Waals surface area contributed by atoms with Gasteiger partial charge in [0.05, 0.1) is 0 Å². The third kappa shape index (κ3) is 2.83. The fourth-order valence-corrected chi connectivity index (χ4v) is 0.742. The third-order valence-corrected chi connectivity index (χ3v) is 1.31. The third-order valence-electron chi connectivity index (χ3n) is 1.31. The molecule has 1 rings (SSSR count). The van der Waals surface area contributed by atoms with Crippen molar-refractivity contribution in [3.8, 4) is 6.07 Å². The van der Waals surface area contributed by atoms with Gasteiger partial charge in [0.2, 0.25) is 5.82 Å². The normalized spacial score (nSPS) is 9.77. The molecule has 0 aliphatic rings. The van der Waals surface area contributed by atoms with Gasteiger partial charge < -0.3 is 4.79 Å². The lowest BCUT2D eigenvalue weighted by Gasteiger charge is -1.90. The molecule has 0 aromatic carbocycles. The number of aromatic nitrogens is 2. The van der Waals surface area contributed by atoms with Crippen LogP contribution in [0, 0.1) is 11.3 Å². The molecule has 0 spiro atoms. The zero-order valence-corrected chi connectivity index (χ0v) is 6.84. The summed E-state index contributed by atoms with van der Waals surface area (Å²) in [6.07, 6.45) is 7.69. The maximum Gasteiger partial charge on any atom is 0.232 e. The maximum absolute atomic E-state index is 9.97. The number of aldehydes is 1. The molecule has 0 aliphatic carbocycles. The van der Waals surface area contributed by atoms with Crippen molar-refractivity contribution in [1.29, 1.82) is 5.26 Å². The van der Waals surface area contributed by atoms with E-state index in [1.807, 2.05) is 6.07 Å². The molecule has 1 aromatic rings. The Hall–Kier alpha value is -2.02. The molecular formula is C9H7N3O. The highest BCUT2D eigenvalue weighted by Gasteiger charge is 1.91. The van der Waals surface area contributed by atoms with E-state index in [0.29, 0.717) is 6.42 Å². The summed E-state index contributed by atoms with van der Waals surface area (Å²) in [6.45, 7) is 0. The minimum absolute atomic E-state index is 0.146. The van der Waals surface area contributed by atoms with Gasteiger partial charge >= 0.3 is 0 Å². The summed E-state index contributed by atoms with van der Waals surface area (Å²) in [5, 5.41) is 8.40. The van der Waals surface area contributed by atoms with Crippen LogP contribution in [0.4, 0.5) is 0 Å². The highest BCUT2D eigenvalue weighted by atomic mass is 16.1. The van der Waals surface area contributed by atoms with E-state index in [1.54, 1.807) is 12.2 Å². The molecule has 0 saturated heterocycles. The highest BCUT2D eigenvalue weighted by molar-refractivity contribution is 5.57. The Morgan fingerprint density at radius 2 is 2.15 bits per heavy atom. The number of carbonyl (C=O) groups excluding carboxylic acids is 1. The summed E-state index contributed by atoms with van der Waals surface area (Å²) in [7, 11) is 0. The van der Waals surface area contributed by atoms with Crippen LogP contribution in [0.3, 0.4) is 0 Å². The number of allylic oxidation sites excluding steroid dienone is 1. The molecule has 0 unspecified atom stereocenters. The maximum atomic E-state index is 9.97. The Morgan fingerprint density at radius 3 is 2.69 bits per heavy atom. The van der Waals surface area contributed by atoms with Crippen LogP contribution in [0.2, 0.25) is 0 Å². The number of hydrogen-bond acceptors (Lipinski definition) is 4. The molecule has 0 aliphatic heterocycles. The Balaban J connectivity index is 2.70. The van der Waals surface area contributed by atoms with Crippen molar-refractivity contribution in [2.75, 3.05) is 0 Å². The molecule has 0 bridgehead atoms. The van der Waals surface area contributed by atoms with Gasteiger partial charge in [0.1, 0.15) is 12.4 Å². The van der Waals surface area contributed by atoms with Crippen molar-refractivity contribution in [2.45, 2.75) is 6.42 Å². The van der Waals surface area contributed by atoms with E-state index >= 15 is 0 Å². The number of nitriles is 1. The lowest BCUT2D eigenvalue weighted by Crippen LogP contribution is -1.87. The molecule has 1 aromatic heterocycles. The second-order valence-corrected chi connectivity index (χ2v) is 2.26. The average Bonchev–Trinajstić information content (AvgIpc) is 2.19. The van der Waals surface area contributed by atoms with Gasteiger partial charge in [0.15, 0.2) is 0 Å². The zero-order valence-electron chi connectivity index (χ0n) is 6.84. The zero-order chi connectivity index (χ0) is 9.52. The van der Waals surface area contributed by atoms with E-state index in [4.69, 9.17) is 5.26 Å². The molecule has 13 heavy (non-hydrogen) atoms. The van der Waals surface area contributed by atoms with Crippen LogP contribution in [0.5, 0.6) is 0 Å². The van der Waals surface area contributed by atoms with Crippen LogP contribution in [-0.2, 0) is 4.79 Å². The van der Waals surface area contributed by atoms with Gasteiger partial charge in [-0.05, 0) is 0 Å². The lowest BCUT2D eigenvalue weighted by atomic mass is 10.3. The van der Waals surface area contributed by atoms with E-state index in [0.717, 1.165) is 11.8 Å². The summed E-state index contributed by atoms with van der Waals surface area (Å²) < 4.78 is 0. The van der Waals surface area contributed by atoms with E-state index in [1.165, 1.54) is 12.4 Å². The quantitative estimate of drug-likeness (QED) is 0.638. The van der Waals surface area contributed by atoms with Gasteiger partial charge in [-0.1, -0.05) is 12.2 Å². The highest BCUT2D eigenvalue weighted by Crippen LogP contribution is 1.98. The van der Waals surface area contributed by atoms with Crippen molar-refractivity contribution in [2.24, 2.45) is 0 Å². The Labute approximate surface area is 75.6 Å². The minimum Gasteiger partial charge on any atom is -0.303 e. The van der Waals surface area contributed by atoms with Gasteiger partial charge in [-0.2, -0.15) is 5.26 Å². The number of carbonyl (C=O) groups is 1. The standard InChI is InChI=1S/C9H7N3O/c10-5-9-11-6-8(7-12-9)3-1-2-4-13/h1,3-4,6-7H,2H2. The summed E-state index contributed by atoms with van der Waals surface area (Å²) in [5.41, 5.74) is 0.779. The molecule has 0 atom stereocenters. The summed E-state index contributed by atoms with van der Waals surface area (Å²) >= 11 is 0. The topological polar surface area (TPSA) is 66.6 Å². The first kappa shape index (κ1) is 9.07. The summed E-state index contributed by atoms with van der Waals surface area (Å²) in [4.78, 5) is 17.5. The fraction of sp³-hybridized carbons (Fsp3) is 0.111. The molecule has 4 nitrogen and oxygen atoms in total. The molecule has 0 N–H and O–H groups in total. The van der Waals surface area contributed by atoms with Crippen LogP contribution in [0.25, 0.3) is 6.08 Å². The molecule has 0 saturated carbocycles. The number of nitrogens with zero attached hydrogens (tertiary/aromatic N) is 3. The Kier molecular flexibility index (Phi) is 3.33. The van der Waals surface area contributed by atoms with Crippen molar-refractivity contribution in [3.05, 3.63) is 29.9 Å². The second-order valence-electron chi connectivity index (χ2n) is 2.26. The average molecular weight is 173 g/mol. The van der Waals surface area contributed by atoms with Crippen molar-refractivity contribution < 1.29 is 4.79 Å². The Bertz CT molecular complexity index is 348. The molecule has 1 heterocycles. The predicted molar refractivity (Wildman–Crippen MR) is 46.5 cm³/mol. The van der Waals surface area contributed by atoms with E-state index in [9.17, 15) is 4.79 Å². The molecular weight excluding hydrogens is 166 g/mol. The van der Waals surface area contributed by atoms with Crippen LogP contribution in [0.15, 0.2) is 18.5 Å². The SMILES string of the molecule is N#Cc1ncc(C=CCC=O)cn1. The minimum atomic E-state index is 0.146. The first-order valence-electron chi connectivity index (χ1n) is 3.69. The number of rotatable bonds is 3. The largest absolute Gasteiger partial charge is 0.303 e.